The fraction of sp³-hybridized carbons (Fsp3) is 0.650. The molecule has 2 aliphatic heterocycles. The normalized spacial score (nSPS) is 30.0. The van der Waals surface area contributed by atoms with Gasteiger partial charge in [0.2, 0.25) is 0 Å². The molecule has 4 rings (SSSR count). The highest BCUT2D eigenvalue weighted by molar-refractivity contribution is 5.66. The molecule has 1 aliphatic carbocycles. The van der Waals surface area contributed by atoms with Crippen molar-refractivity contribution in [3.05, 3.63) is 23.8 Å². The molecule has 0 aromatic heterocycles. The van der Waals surface area contributed by atoms with Crippen LogP contribution in [0.15, 0.2) is 18.2 Å². The molecule has 134 valence electrons. The molecule has 1 saturated carbocycles. The van der Waals surface area contributed by atoms with E-state index in [0.29, 0.717) is 17.5 Å². The average Bonchev–Trinajstić information content (AvgIpc) is 3.07. The number of likely N-dealkylation sites (tertiary alicyclic amines) is 1. The van der Waals surface area contributed by atoms with Crippen LogP contribution >= 0.6 is 0 Å². The van der Waals surface area contributed by atoms with Crippen molar-refractivity contribution in [3.63, 3.8) is 0 Å². The van der Waals surface area contributed by atoms with Crippen LogP contribution in [-0.2, 0) is 0 Å². The Morgan fingerprint density at radius 2 is 2.00 bits per heavy atom. The molecular weight excluding hydrogens is 310 g/mol. The van der Waals surface area contributed by atoms with Crippen molar-refractivity contribution in [2.75, 3.05) is 43.9 Å². The number of nitrogens with zero attached hydrogens (tertiary/aromatic N) is 2. The molecule has 0 radical (unpaired) electrons. The van der Waals surface area contributed by atoms with Gasteiger partial charge in [-0.05, 0) is 82.4 Å². The zero-order chi connectivity index (χ0) is 17.3. The average molecular weight is 339 g/mol. The van der Waals surface area contributed by atoms with Crippen molar-refractivity contribution in [2.24, 2.45) is 5.41 Å². The summed E-state index contributed by atoms with van der Waals surface area (Å²) in [5, 5.41) is 20.2. The summed E-state index contributed by atoms with van der Waals surface area (Å²) in [5.74, 6) is 0. The number of piperidine rings is 1. The van der Waals surface area contributed by atoms with E-state index < -0.39 is 0 Å². The summed E-state index contributed by atoms with van der Waals surface area (Å²) in [6.45, 7) is 4.60. The van der Waals surface area contributed by atoms with Crippen molar-refractivity contribution >= 4 is 11.4 Å². The molecule has 5 nitrogen and oxygen atoms in total. The fourth-order valence-electron chi connectivity index (χ4n) is 4.69. The minimum absolute atomic E-state index is 0.468. The predicted octanol–water partition coefficient (Wildman–Crippen LogP) is 2.62. The highest BCUT2D eigenvalue weighted by atomic mass is 15.1. The van der Waals surface area contributed by atoms with Gasteiger partial charge in [0.1, 0.15) is 6.07 Å². The van der Waals surface area contributed by atoms with E-state index >= 15 is 0 Å². The van der Waals surface area contributed by atoms with Crippen LogP contribution < -0.4 is 16.0 Å². The van der Waals surface area contributed by atoms with Crippen molar-refractivity contribution in [1.29, 1.82) is 5.26 Å². The third-order valence-corrected chi connectivity index (χ3v) is 6.28. The second kappa shape index (κ2) is 6.86. The van der Waals surface area contributed by atoms with Crippen molar-refractivity contribution < 1.29 is 0 Å². The van der Waals surface area contributed by atoms with Crippen LogP contribution in [0.5, 0.6) is 0 Å². The smallest absolute Gasteiger partial charge is 0.101 e. The third kappa shape index (κ3) is 3.61. The quantitative estimate of drug-likeness (QED) is 0.787. The number of hydrogen-bond acceptors (Lipinski definition) is 5. The second-order valence-electron chi connectivity index (χ2n) is 8.27. The van der Waals surface area contributed by atoms with E-state index in [1.165, 1.54) is 32.4 Å². The van der Waals surface area contributed by atoms with E-state index in [0.717, 1.165) is 42.9 Å². The Balaban J connectivity index is 1.39. The summed E-state index contributed by atoms with van der Waals surface area (Å²) in [6.07, 6.45) is 6.12. The highest BCUT2D eigenvalue weighted by Crippen LogP contribution is 2.46. The van der Waals surface area contributed by atoms with Crippen molar-refractivity contribution in [1.82, 2.24) is 10.2 Å². The molecule has 3 fully saturated rings. The molecule has 3 aliphatic rings. The van der Waals surface area contributed by atoms with E-state index in [-0.39, 0.29) is 0 Å². The Morgan fingerprint density at radius 3 is 2.68 bits per heavy atom. The largest absolute Gasteiger partial charge is 0.382 e. The maximum Gasteiger partial charge on any atom is 0.101 e. The molecule has 0 atom stereocenters. The van der Waals surface area contributed by atoms with Crippen LogP contribution in [0.1, 0.15) is 37.7 Å². The Morgan fingerprint density at radius 1 is 1.20 bits per heavy atom. The summed E-state index contributed by atoms with van der Waals surface area (Å²) < 4.78 is 0. The lowest BCUT2D eigenvalue weighted by atomic mass is 9.65. The van der Waals surface area contributed by atoms with Gasteiger partial charge in [0.05, 0.1) is 11.3 Å². The molecule has 2 heterocycles. The maximum atomic E-state index is 9.43. The number of anilines is 2. The van der Waals surface area contributed by atoms with Gasteiger partial charge in [-0.2, -0.15) is 5.26 Å². The number of benzene rings is 1. The molecule has 25 heavy (non-hydrogen) atoms. The Bertz CT molecular complexity index is 643. The number of rotatable bonds is 4. The molecule has 0 unspecified atom stereocenters. The fourth-order valence-corrected chi connectivity index (χ4v) is 4.69. The molecular formula is C20H29N5. The maximum absolute atomic E-state index is 9.43. The first kappa shape index (κ1) is 16.7. The second-order valence-corrected chi connectivity index (χ2v) is 8.27. The van der Waals surface area contributed by atoms with Crippen LogP contribution in [-0.4, -0.2) is 50.2 Å². The lowest BCUT2D eigenvalue weighted by molar-refractivity contribution is 0.142. The van der Waals surface area contributed by atoms with Crippen LogP contribution in [0, 0.1) is 16.7 Å². The predicted molar refractivity (Wildman–Crippen MR) is 102 cm³/mol. The molecule has 1 spiro atoms. The minimum Gasteiger partial charge on any atom is -0.382 e. The summed E-state index contributed by atoms with van der Waals surface area (Å²) in [5.41, 5.74) is 3.42. The van der Waals surface area contributed by atoms with Gasteiger partial charge in [0.15, 0.2) is 0 Å². The van der Waals surface area contributed by atoms with Gasteiger partial charge < -0.3 is 20.9 Å². The van der Waals surface area contributed by atoms with E-state index in [9.17, 15) is 5.26 Å². The molecule has 5 heteroatoms. The number of nitriles is 1. The summed E-state index contributed by atoms with van der Waals surface area (Å²) in [7, 11) is 2.17. The van der Waals surface area contributed by atoms with Gasteiger partial charge in [0.25, 0.3) is 0 Å². The first-order valence-electron chi connectivity index (χ1n) is 9.62. The third-order valence-electron chi connectivity index (χ3n) is 6.28. The van der Waals surface area contributed by atoms with Crippen LogP contribution in [0.2, 0.25) is 0 Å². The Labute approximate surface area is 150 Å². The lowest BCUT2D eigenvalue weighted by Gasteiger charge is -2.45. The Kier molecular flexibility index (Phi) is 4.58. The molecule has 0 amide bonds. The standard InChI is InChI=1S/C20H29N5/c1-25-8-4-16(5-9-25)24-19-10-17(3-2-15(19)13-21)23-18-11-20(12-18)6-7-22-14-20/h2-3,10,16,18,22-24H,4-9,11-12,14H2,1H3. The molecule has 3 N–H and O–H groups in total. The zero-order valence-corrected chi connectivity index (χ0v) is 15.1. The SMILES string of the molecule is CN1CCC(Nc2cc(NC3CC4(CCNC4)C3)ccc2C#N)CC1. The monoisotopic (exact) mass is 339 g/mol. The van der Waals surface area contributed by atoms with Crippen molar-refractivity contribution in [3.8, 4) is 6.07 Å². The minimum atomic E-state index is 0.468. The summed E-state index contributed by atoms with van der Waals surface area (Å²) >= 11 is 0. The molecule has 1 aromatic rings. The lowest BCUT2D eigenvalue weighted by Crippen LogP contribution is -2.46. The van der Waals surface area contributed by atoms with Gasteiger partial charge in [-0.1, -0.05) is 0 Å². The van der Waals surface area contributed by atoms with Gasteiger partial charge in [-0.25, -0.2) is 0 Å². The van der Waals surface area contributed by atoms with Gasteiger partial charge in [0, 0.05) is 24.3 Å². The highest BCUT2D eigenvalue weighted by Gasteiger charge is 2.45. The number of nitrogens with one attached hydrogen (secondary N) is 3. The van der Waals surface area contributed by atoms with E-state index in [2.05, 4.69) is 46.1 Å². The number of hydrogen-bond donors (Lipinski definition) is 3. The zero-order valence-electron chi connectivity index (χ0n) is 15.1. The van der Waals surface area contributed by atoms with Gasteiger partial charge in [-0.3, -0.25) is 0 Å². The van der Waals surface area contributed by atoms with Crippen LogP contribution in [0.4, 0.5) is 11.4 Å². The van der Waals surface area contributed by atoms with Gasteiger partial charge in [-0.15, -0.1) is 0 Å². The topological polar surface area (TPSA) is 63.1 Å². The molecule has 1 aromatic carbocycles. The first-order chi connectivity index (χ1) is 12.2. The van der Waals surface area contributed by atoms with E-state index in [1.54, 1.807) is 0 Å². The molecule has 0 bridgehead atoms. The summed E-state index contributed by atoms with van der Waals surface area (Å²) in [4.78, 5) is 2.37. The first-order valence-corrected chi connectivity index (χ1v) is 9.62. The van der Waals surface area contributed by atoms with Crippen molar-refractivity contribution in [2.45, 2.75) is 44.2 Å². The van der Waals surface area contributed by atoms with Crippen LogP contribution in [0.3, 0.4) is 0 Å². The van der Waals surface area contributed by atoms with Crippen LogP contribution in [0.25, 0.3) is 0 Å². The van der Waals surface area contributed by atoms with E-state index in [1.807, 2.05) is 6.07 Å². The molecule has 2 saturated heterocycles. The van der Waals surface area contributed by atoms with E-state index in [4.69, 9.17) is 0 Å². The summed E-state index contributed by atoms with van der Waals surface area (Å²) in [6, 6.07) is 9.51. The van der Waals surface area contributed by atoms with Gasteiger partial charge >= 0.3 is 0 Å². The Hall–Kier alpha value is -1.77.